The fraction of sp³-hybridized carbons (Fsp3) is 0.0952. The van der Waals surface area contributed by atoms with Crippen LogP contribution in [0.1, 0.15) is 17.3 Å². The highest BCUT2D eigenvalue weighted by atomic mass is 35.5. The predicted octanol–water partition coefficient (Wildman–Crippen LogP) is 5.51. The zero-order chi connectivity index (χ0) is 20.9. The van der Waals surface area contributed by atoms with Crippen LogP contribution in [-0.2, 0) is 10.0 Å². The summed E-state index contributed by atoms with van der Waals surface area (Å²) in [5.74, 6) is 0.449. The third-order valence-corrected chi connectivity index (χ3v) is 6.63. The molecule has 0 aliphatic heterocycles. The maximum atomic E-state index is 12.8. The molecule has 3 aromatic rings. The smallest absolute Gasteiger partial charge is 0.261 e. The van der Waals surface area contributed by atoms with Gasteiger partial charge in [0.15, 0.2) is 0 Å². The molecule has 0 heterocycles. The first-order valence-corrected chi connectivity index (χ1v) is 11.7. The molecule has 0 radical (unpaired) electrons. The predicted molar refractivity (Wildman–Crippen MR) is 119 cm³/mol. The number of anilines is 2. The van der Waals surface area contributed by atoms with E-state index in [1.54, 1.807) is 30.0 Å². The molecule has 0 unspecified atom stereocenters. The highest BCUT2D eigenvalue weighted by Crippen LogP contribution is 2.29. The fourth-order valence-electron chi connectivity index (χ4n) is 2.62. The molecule has 0 saturated carbocycles. The third kappa shape index (κ3) is 5.32. The van der Waals surface area contributed by atoms with Gasteiger partial charge in [0.25, 0.3) is 15.9 Å². The van der Waals surface area contributed by atoms with Crippen molar-refractivity contribution in [2.75, 3.05) is 15.8 Å². The highest BCUT2D eigenvalue weighted by Gasteiger charge is 2.17. The molecular weight excluding hydrogens is 428 g/mol. The Morgan fingerprint density at radius 2 is 1.69 bits per heavy atom. The van der Waals surface area contributed by atoms with Gasteiger partial charge in [0, 0.05) is 10.6 Å². The van der Waals surface area contributed by atoms with Crippen LogP contribution < -0.4 is 10.0 Å². The summed E-state index contributed by atoms with van der Waals surface area (Å²) in [4.78, 5) is 13.9. The fourth-order valence-corrected chi connectivity index (χ4v) is 4.65. The summed E-state index contributed by atoms with van der Waals surface area (Å²) in [6, 6.07) is 19.9. The van der Waals surface area contributed by atoms with Crippen molar-refractivity contribution in [3.8, 4) is 0 Å². The van der Waals surface area contributed by atoms with E-state index in [2.05, 4.69) is 10.0 Å². The Morgan fingerprint density at radius 3 is 2.41 bits per heavy atom. The molecular formula is C21H19ClN2O3S2. The normalized spacial score (nSPS) is 11.1. The van der Waals surface area contributed by atoms with Crippen LogP contribution in [0.4, 0.5) is 11.4 Å². The lowest BCUT2D eigenvalue weighted by atomic mass is 10.2. The summed E-state index contributed by atoms with van der Waals surface area (Å²) < 4.78 is 27.5. The molecule has 0 aliphatic carbocycles. The van der Waals surface area contributed by atoms with Crippen molar-refractivity contribution in [1.29, 1.82) is 0 Å². The maximum absolute atomic E-state index is 12.8. The van der Waals surface area contributed by atoms with Crippen LogP contribution in [0.5, 0.6) is 0 Å². The summed E-state index contributed by atoms with van der Waals surface area (Å²) in [5.41, 5.74) is 1.10. The Balaban J connectivity index is 1.85. The molecule has 0 fully saturated rings. The van der Waals surface area contributed by atoms with Gasteiger partial charge in [-0.15, -0.1) is 11.8 Å². The van der Waals surface area contributed by atoms with E-state index in [1.807, 2.05) is 31.2 Å². The molecule has 29 heavy (non-hydrogen) atoms. The quantitative estimate of drug-likeness (QED) is 0.469. The van der Waals surface area contributed by atoms with Gasteiger partial charge < -0.3 is 5.32 Å². The number of carbonyl (C=O) groups excluding carboxylic acids is 1. The maximum Gasteiger partial charge on any atom is 0.261 e. The Labute approximate surface area is 179 Å². The molecule has 3 rings (SSSR count). The second kappa shape index (κ2) is 9.35. The first-order chi connectivity index (χ1) is 13.9. The van der Waals surface area contributed by atoms with Gasteiger partial charge in [-0.1, -0.05) is 48.9 Å². The minimum Gasteiger partial charge on any atom is -0.321 e. The van der Waals surface area contributed by atoms with E-state index in [0.29, 0.717) is 5.69 Å². The van der Waals surface area contributed by atoms with Crippen LogP contribution in [0.15, 0.2) is 82.6 Å². The molecule has 8 heteroatoms. The summed E-state index contributed by atoms with van der Waals surface area (Å²) in [6.45, 7) is 2.03. The van der Waals surface area contributed by atoms with E-state index in [1.165, 1.54) is 30.3 Å². The molecule has 2 N–H and O–H groups in total. The number of hydrogen-bond acceptors (Lipinski definition) is 4. The average Bonchev–Trinajstić information content (AvgIpc) is 2.71. The molecule has 1 amide bonds. The Hall–Kier alpha value is -2.48. The van der Waals surface area contributed by atoms with Gasteiger partial charge in [-0.2, -0.15) is 0 Å². The standard InChI is InChI=1S/C21H19ClN2O3S2/c1-2-28-20-11-7-6-10-19(20)23-21(25)17-14-15(12-13-18(17)22)24-29(26,27)16-8-4-3-5-9-16/h3-14,24H,2H2,1H3,(H,23,25). The Morgan fingerprint density at radius 1 is 1.00 bits per heavy atom. The second-order valence-electron chi connectivity index (χ2n) is 6.00. The van der Waals surface area contributed by atoms with Gasteiger partial charge in [0.05, 0.1) is 21.2 Å². The van der Waals surface area contributed by atoms with Crippen molar-refractivity contribution in [3.63, 3.8) is 0 Å². The molecule has 0 atom stereocenters. The molecule has 0 aliphatic rings. The van der Waals surface area contributed by atoms with Crippen LogP contribution in [0.25, 0.3) is 0 Å². The number of amides is 1. The van der Waals surface area contributed by atoms with Gasteiger partial charge >= 0.3 is 0 Å². The van der Waals surface area contributed by atoms with Crippen LogP contribution in [-0.4, -0.2) is 20.1 Å². The zero-order valence-corrected chi connectivity index (χ0v) is 17.9. The molecule has 0 bridgehead atoms. The van der Waals surface area contributed by atoms with E-state index >= 15 is 0 Å². The largest absolute Gasteiger partial charge is 0.321 e. The number of halogens is 1. The number of rotatable bonds is 7. The van der Waals surface area contributed by atoms with E-state index < -0.39 is 15.9 Å². The number of benzene rings is 3. The summed E-state index contributed by atoms with van der Waals surface area (Å²) in [6.07, 6.45) is 0. The minimum absolute atomic E-state index is 0.131. The SMILES string of the molecule is CCSc1ccccc1NC(=O)c1cc(NS(=O)(=O)c2ccccc2)ccc1Cl. The second-order valence-corrected chi connectivity index (χ2v) is 9.39. The molecule has 150 valence electrons. The molecule has 5 nitrogen and oxygen atoms in total. The summed E-state index contributed by atoms with van der Waals surface area (Å²) >= 11 is 7.82. The van der Waals surface area contributed by atoms with Gasteiger partial charge in [0.2, 0.25) is 0 Å². The van der Waals surface area contributed by atoms with Crippen molar-refractivity contribution in [3.05, 3.63) is 83.4 Å². The number of hydrogen-bond donors (Lipinski definition) is 2. The van der Waals surface area contributed by atoms with Crippen molar-refractivity contribution < 1.29 is 13.2 Å². The monoisotopic (exact) mass is 446 g/mol. The van der Waals surface area contributed by atoms with Gasteiger partial charge in [-0.3, -0.25) is 9.52 Å². The van der Waals surface area contributed by atoms with Crippen LogP contribution >= 0.6 is 23.4 Å². The Kier molecular flexibility index (Phi) is 6.84. The lowest BCUT2D eigenvalue weighted by Gasteiger charge is -2.13. The number of carbonyl (C=O) groups is 1. The third-order valence-electron chi connectivity index (χ3n) is 3.95. The number of para-hydroxylation sites is 1. The highest BCUT2D eigenvalue weighted by molar-refractivity contribution is 7.99. The van der Waals surface area contributed by atoms with Crippen molar-refractivity contribution in [1.82, 2.24) is 0 Å². The molecule has 3 aromatic carbocycles. The molecule has 0 spiro atoms. The number of thioether (sulfide) groups is 1. The minimum atomic E-state index is -3.77. The van der Waals surface area contributed by atoms with Crippen molar-refractivity contribution in [2.24, 2.45) is 0 Å². The summed E-state index contributed by atoms with van der Waals surface area (Å²) in [5, 5.41) is 3.08. The van der Waals surface area contributed by atoms with E-state index in [4.69, 9.17) is 11.6 Å². The van der Waals surface area contributed by atoms with Crippen LogP contribution in [0, 0.1) is 0 Å². The topological polar surface area (TPSA) is 75.3 Å². The number of sulfonamides is 1. The Bertz CT molecular complexity index is 1120. The van der Waals surface area contributed by atoms with E-state index in [-0.39, 0.29) is 21.2 Å². The van der Waals surface area contributed by atoms with Gasteiger partial charge in [-0.25, -0.2) is 8.42 Å². The average molecular weight is 447 g/mol. The summed E-state index contributed by atoms with van der Waals surface area (Å²) in [7, 11) is -3.77. The first kappa shape index (κ1) is 21.2. The first-order valence-electron chi connectivity index (χ1n) is 8.81. The van der Waals surface area contributed by atoms with Crippen molar-refractivity contribution >= 4 is 50.7 Å². The van der Waals surface area contributed by atoms with Gasteiger partial charge in [0.1, 0.15) is 0 Å². The molecule has 0 aromatic heterocycles. The number of nitrogens with one attached hydrogen (secondary N) is 2. The molecule has 0 saturated heterocycles. The zero-order valence-electron chi connectivity index (χ0n) is 15.6. The van der Waals surface area contributed by atoms with Crippen LogP contribution in [0.3, 0.4) is 0 Å². The van der Waals surface area contributed by atoms with E-state index in [9.17, 15) is 13.2 Å². The van der Waals surface area contributed by atoms with E-state index in [0.717, 1.165) is 10.6 Å². The lowest BCUT2D eigenvalue weighted by Crippen LogP contribution is -2.16. The van der Waals surface area contributed by atoms with Crippen LogP contribution in [0.2, 0.25) is 5.02 Å². The van der Waals surface area contributed by atoms with Gasteiger partial charge in [-0.05, 0) is 48.2 Å². The lowest BCUT2D eigenvalue weighted by molar-refractivity contribution is 0.102. The van der Waals surface area contributed by atoms with Crippen molar-refractivity contribution in [2.45, 2.75) is 16.7 Å².